The zero-order chi connectivity index (χ0) is 25.9. The van der Waals surface area contributed by atoms with E-state index in [2.05, 4.69) is 25.7 Å². The first-order valence-electron chi connectivity index (χ1n) is 11.9. The molecular weight excluding hydrogens is 492 g/mol. The maximum Gasteiger partial charge on any atom is 0.414 e. The van der Waals surface area contributed by atoms with Gasteiger partial charge in [-0.1, -0.05) is 5.21 Å². The summed E-state index contributed by atoms with van der Waals surface area (Å²) in [5.41, 5.74) is -0.0656. The zero-order valence-corrected chi connectivity index (χ0v) is 20.0. The second-order valence-electron chi connectivity index (χ2n) is 8.73. The van der Waals surface area contributed by atoms with Gasteiger partial charge in [0.05, 0.1) is 37.6 Å². The van der Waals surface area contributed by atoms with Crippen molar-refractivity contribution in [2.45, 2.75) is 44.9 Å². The number of carbonyl (C=O) groups is 2. The summed E-state index contributed by atoms with van der Waals surface area (Å²) < 4.78 is 42.0. The van der Waals surface area contributed by atoms with Crippen LogP contribution < -0.4 is 9.80 Å². The Kier molecular flexibility index (Phi) is 6.92. The van der Waals surface area contributed by atoms with E-state index < -0.39 is 29.8 Å². The molecule has 2 aromatic heterocycles. The fourth-order valence-electron chi connectivity index (χ4n) is 4.52. The van der Waals surface area contributed by atoms with Gasteiger partial charge >= 0.3 is 12.1 Å². The number of nitrogens with zero attached hydrogens (tertiary/aromatic N) is 9. The highest BCUT2D eigenvalue weighted by molar-refractivity contribution is 5.90. The molecule has 0 unspecified atom stereocenters. The molecule has 2 aliphatic heterocycles. The lowest BCUT2D eigenvalue weighted by molar-refractivity contribution is -0.142. The van der Waals surface area contributed by atoms with Crippen LogP contribution in [0.25, 0.3) is 0 Å². The summed E-state index contributed by atoms with van der Waals surface area (Å²) in [6.45, 7) is 3.12. The number of benzene rings is 1. The van der Waals surface area contributed by atoms with Crippen LogP contribution in [-0.2, 0) is 27.2 Å². The topological polar surface area (TPSA) is 133 Å². The number of amides is 1. The first-order valence-corrected chi connectivity index (χ1v) is 11.9. The lowest BCUT2D eigenvalue weighted by Gasteiger charge is -2.33. The number of tetrazole rings is 1. The standard InChI is InChI=1S/C22H25F2N9O4/c1-2-36-20(34)11-19-26-29-33(27-19)14-3-6-30(7-4-14)21-17(23)9-15(10-18(21)24)32-13-16(37-22(32)35)12-31-8-5-25-28-31/h5,8-10,14,16H,2-4,6-7,11-13H2,1H3/t16-/m0/s1. The Hall–Kier alpha value is -4.17. The van der Waals surface area contributed by atoms with Crippen molar-refractivity contribution in [2.75, 3.05) is 36.0 Å². The predicted octanol–water partition coefficient (Wildman–Crippen LogP) is 1.52. The third-order valence-corrected chi connectivity index (χ3v) is 6.23. The second kappa shape index (κ2) is 10.4. The van der Waals surface area contributed by atoms with Gasteiger partial charge in [-0.15, -0.1) is 15.3 Å². The molecular formula is C22H25F2N9O4. The Labute approximate surface area is 209 Å². The van der Waals surface area contributed by atoms with Gasteiger partial charge in [0.15, 0.2) is 17.5 Å². The molecule has 2 saturated heterocycles. The average molecular weight is 517 g/mol. The molecule has 0 bridgehead atoms. The normalized spacial score (nSPS) is 18.4. The number of cyclic esters (lactones) is 1. The first-order chi connectivity index (χ1) is 17.9. The van der Waals surface area contributed by atoms with Gasteiger partial charge in [-0.25, -0.2) is 18.3 Å². The van der Waals surface area contributed by atoms with Gasteiger partial charge < -0.3 is 14.4 Å². The van der Waals surface area contributed by atoms with Crippen LogP contribution in [0.5, 0.6) is 0 Å². The van der Waals surface area contributed by atoms with E-state index in [-0.39, 0.29) is 49.4 Å². The summed E-state index contributed by atoms with van der Waals surface area (Å²) in [5, 5.41) is 19.7. The van der Waals surface area contributed by atoms with Gasteiger partial charge in [0.25, 0.3) is 0 Å². The van der Waals surface area contributed by atoms with Gasteiger partial charge in [0.2, 0.25) is 0 Å². The van der Waals surface area contributed by atoms with Crippen LogP contribution in [0, 0.1) is 11.6 Å². The van der Waals surface area contributed by atoms with Crippen LogP contribution >= 0.6 is 0 Å². The highest BCUT2D eigenvalue weighted by Crippen LogP contribution is 2.34. The highest BCUT2D eigenvalue weighted by atomic mass is 19.1. The van der Waals surface area contributed by atoms with Crippen molar-refractivity contribution >= 4 is 23.4 Å². The number of rotatable bonds is 8. The van der Waals surface area contributed by atoms with Crippen LogP contribution in [0.4, 0.5) is 25.0 Å². The van der Waals surface area contributed by atoms with Gasteiger partial charge in [-0.2, -0.15) is 4.80 Å². The molecule has 4 heterocycles. The molecule has 37 heavy (non-hydrogen) atoms. The molecule has 0 radical (unpaired) electrons. The number of piperidine rings is 1. The molecule has 0 aliphatic carbocycles. The molecule has 15 heteroatoms. The van der Waals surface area contributed by atoms with Gasteiger partial charge in [-0.3, -0.25) is 9.69 Å². The van der Waals surface area contributed by atoms with E-state index in [0.29, 0.717) is 25.9 Å². The summed E-state index contributed by atoms with van der Waals surface area (Å²) in [6, 6.07) is 2.17. The molecule has 1 amide bonds. The van der Waals surface area contributed by atoms with E-state index in [9.17, 15) is 9.59 Å². The van der Waals surface area contributed by atoms with Crippen molar-refractivity contribution in [3.05, 3.63) is 42.0 Å². The Bertz CT molecular complexity index is 1240. The molecule has 196 valence electrons. The summed E-state index contributed by atoms with van der Waals surface area (Å²) in [4.78, 5) is 28.2. The van der Waals surface area contributed by atoms with Crippen LogP contribution in [0.1, 0.15) is 31.6 Å². The smallest absolute Gasteiger partial charge is 0.414 e. The fourth-order valence-corrected chi connectivity index (χ4v) is 4.52. The number of anilines is 2. The van der Waals surface area contributed by atoms with E-state index in [1.54, 1.807) is 18.0 Å². The van der Waals surface area contributed by atoms with Crippen molar-refractivity contribution in [2.24, 2.45) is 0 Å². The third kappa shape index (κ3) is 5.34. The number of aromatic nitrogens is 7. The molecule has 0 spiro atoms. The van der Waals surface area contributed by atoms with Gasteiger partial charge in [0, 0.05) is 31.4 Å². The van der Waals surface area contributed by atoms with E-state index in [0.717, 1.165) is 12.1 Å². The second-order valence-corrected chi connectivity index (χ2v) is 8.73. The predicted molar refractivity (Wildman–Crippen MR) is 123 cm³/mol. The van der Waals surface area contributed by atoms with Crippen molar-refractivity contribution in [3.8, 4) is 0 Å². The van der Waals surface area contributed by atoms with Crippen molar-refractivity contribution in [1.82, 2.24) is 35.2 Å². The average Bonchev–Trinajstić information content (AvgIpc) is 3.62. The maximum atomic E-state index is 15.1. The van der Waals surface area contributed by atoms with E-state index in [4.69, 9.17) is 9.47 Å². The Morgan fingerprint density at radius 1 is 1.19 bits per heavy atom. The molecule has 0 saturated carbocycles. The molecule has 2 aliphatic rings. The van der Waals surface area contributed by atoms with E-state index in [1.165, 1.54) is 20.6 Å². The monoisotopic (exact) mass is 517 g/mol. The SMILES string of the molecule is CCOC(=O)Cc1nnn(C2CCN(c3c(F)cc(N4C[C@H](Cn5ccnn5)OC4=O)cc3F)CC2)n1. The van der Waals surface area contributed by atoms with Crippen LogP contribution in [0.15, 0.2) is 24.5 Å². The summed E-state index contributed by atoms with van der Waals surface area (Å²) in [7, 11) is 0. The highest BCUT2D eigenvalue weighted by Gasteiger charge is 2.34. The van der Waals surface area contributed by atoms with Crippen molar-refractivity contribution < 1.29 is 27.8 Å². The van der Waals surface area contributed by atoms with E-state index in [1.807, 2.05) is 0 Å². The minimum absolute atomic E-state index is 0.0682. The van der Waals surface area contributed by atoms with Crippen LogP contribution in [-0.4, -0.2) is 79.6 Å². The number of hydrogen-bond donors (Lipinski definition) is 0. The van der Waals surface area contributed by atoms with Crippen molar-refractivity contribution in [3.63, 3.8) is 0 Å². The Morgan fingerprint density at radius 3 is 2.62 bits per heavy atom. The molecule has 1 aromatic carbocycles. The van der Waals surface area contributed by atoms with E-state index >= 15 is 8.78 Å². The third-order valence-electron chi connectivity index (χ3n) is 6.23. The molecule has 1 atom stereocenters. The molecule has 0 N–H and O–H groups in total. The zero-order valence-electron chi connectivity index (χ0n) is 20.0. The quantitative estimate of drug-likeness (QED) is 0.405. The number of ether oxygens (including phenoxy) is 2. The summed E-state index contributed by atoms with van der Waals surface area (Å²) in [6.07, 6.45) is 2.92. The van der Waals surface area contributed by atoms with Gasteiger partial charge in [0.1, 0.15) is 18.2 Å². The lowest BCUT2D eigenvalue weighted by atomic mass is 10.0. The number of halogens is 2. The molecule has 3 aromatic rings. The molecule has 5 rings (SSSR count). The lowest BCUT2D eigenvalue weighted by Crippen LogP contribution is -2.36. The first kappa shape index (κ1) is 24.5. The van der Waals surface area contributed by atoms with Gasteiger partial charge in [-0.05, 0) is 25.0 Å². The minimum atomic E-state index is -0.767. The molecule has 13 nitrogen and oxygen atoms in total. The Balaban J connectivity index is 1.21. The van der Waals surface area contributed by atoms with Crippen molar-refractivity contribution in [1.29, 1.82) is 0 Å². The number of hydrogen-bond acceptors (Lipinski definition) is 10. The number of esters is 1. The summed E-state index contributed by atoms with van der Waals surface area (Å²) >= 11 is 0. The fraction of sp³-hybridized carbons (Fsp3) is 0.500. The maximum absolute atomic E-state index is 15.1. The minimum Gasteiger partial charge on any atom is -0.466 e. The Morgan fingerprint density at radius 2 is 1.95 bits per heavy atom. The number of carbonyl (C=O) groups excluding carboxylic acids is 2. The van der Waals surface area contributed by atoms with Crippen LogP contribution in [0.2, 0.25) is 0 Å². The molecule has 2 fully saturated rings. The largest absolute Gasteiger partial charge is 0.466 e. The summed E-state index contributed by atoms with van der Waals surface area (Å²) in [5.74, 6) is -1.70. The van der Waals surface area contributed by atoms with Crippen LogP contribution in [0.3, 0.4) is 0 Å².